The lowest BCUT2D eigenvalue weighted by Crippen LogP contribution is -2.58. The normalized spacial score (nSPS) is 13.6. The quantitative estimate of drug-likeness (QED) is 0.112. The predicted octanol–water partition coefficient (Wildman–Crippen LogP) is 1.42. The minimum Gasteiger partial charge on any atom is -0.508 e. The molecular formula is C33H41N5O6. The van der Waals surface area contributed by atoms with Gasteiger partial charge in [0, 0.05) is 12.8 Å². The molecule has 3 aromatic carbocycles. The second kappa shape index (κ2) is 17.4. The Kier molecular flexibility index (Phi) is 13.3. The summed E-state index contributed by atoms with van der Waals surface area (Å²) in [5.41, 5.74) is 14.1. The number of hydrogen-bond donors (Lipinski definition) is 7. The Morgan fingerprint density at radius 3 is 1.64 bits per heavy atom. The number of carboxylic acids is 1. The number of benzene rings is 3. The van der Waals surface area contributed by atoms with E-state index < -0.39 is 47.9 Å². The lowest BCUT2D eigenvalue weighted by Gasteiger charge is -2.25. The summed E-state index contributed by atoms with van der Waals surface area (Å²) in [5, 5.41) is 27.3. The number of carbonyl (C=O) groups is 4. The van der Waals surface area contributed by atoms with Crippen molar-refractivity contribution in [1.29, 1.82) is 0 Å². The van der Waals surface area contributed by atoms with Crippen molar-refractivity contribution >= 4 is 23.7 Å². The predicted molar refractivity (Wildman–Crippen MR) is 166 cm³/mol. The molecule has 11 heteroatoms. The first-order valence-corrected chi connectivity index (χ1v) is 14.6. The number of rotatable bonds is 17. The zero-order valence-electron chi connectivity index (χ0n) is 24.5. The van der Waals surface area contributed by atoms with Crippen LogP contribution in [0.2, 0.25) is 0 Å². The van der Waals surface area contributed by atoms with E-state index in [-0.39, 0.29) is 31.4 Å². The van der Waals surface area contributed by atoms with Crippen molar-refractivity contribution in [2.45, 2.75) is 62.7 Å². The van der Waals surface area contributed by atoms with Gasteiger partial charge in [-0.25, -0.2) is 4.79 Å². The Labute approximate surface area is 257 Å². The molecule has 0 aliphatic carbocycles. The molecule has 3 rings (SSSR count). The van der Waals surface area contributed by atoms with Gasteiger partial charge in [-0.05, 0) is 61.1 Å². The molecule has 3 amide bonds. The minimum atomic E-state index is -1.21. The molecule has 0 saturated carbocycles. The molecule has 0 aliphatic rings. The van der Waals surface area contributed by atoms with Gasteiger partial charge in [-0.3, -0.25) is 14.4 Å². The number of carboxylic acid groups (broad SMARTS) is 1. The van der Waals surface area contributed by atoms with Crippen LogP contribution in [-0.2, 0) is 38.4 Å². The number of hydrogen-bond acceptors (Lipinski definition) is 7. The van der Waals surface area contributed by atoms with E-state index in [9.17, 15) is 29.4 Å². The number of phenols is 1. The van der Waals surface area contributed by atoms with Crippen LogP contribution in [0.1, 0.15) is 36.0 Å². The van der Waals surface area contributed by atoms with Crippen LogP contribution in [0.15, 0.2) is 84.9 Å². The van der Waals surface area contributed by atoms with E-state index in [1.165, 1.54) is 12.1 Å². The van der Waals surface area contributed by atoms with Gasteiger partial charge in [0.1, 0.15) is 23.9 Å². The van der Waals surface area contributed by atoms with Crippen molar-refractivity contribution in [2.24, 2.45) is 11.5 Å². The third-order valence-electron chi connectivity index (χ3n) is 7.12. The average Bonchev–Trinajstić information content (AvgIpc) is 3.01. The molecule has 0 bridgehead atoms. The number of unbranched alkanes of at least 4 members (excludes halogenated alkanes) is 1. The first-order chi connectivity index (χ1) is 21.2. The van der Waals surface area contributed by atoms with E-state index in [0.29, 0.717) is 19.4 Å². The summed E-state index contributed by atoms with van der Waals surface area (Å²) in [6, 6.07) is 20.0. The van der Waals surface area contributed by atoms with Gasteiger partial charge in [0.25, 0.3) is 0 Å². The molecule has 9 N–H and O–H groups in total. The Balaban J connectivity index is 1.76. The topological polar surface area (TPSA) is 197 Å². The molecular weight excluding hydrogens is 562 g/mol. The molecule has 4 atom stereocenters. The van der Waals surface area contributed by atoms with E-state index in [0.717, 1.165) is 16.7 Å². The van der Waals surface area contributed by atoms with E-state index in [4.69, 9.17) is 11.5 Å². The molecule has 234 valence electrons. The summed E-state index contributed by atoms with van der Waals surface area (Å²) in [6.45, 7) is 0.389. The first kappa shape index (κ1) is 33.8. The largest absolute Gasteiger partial charge is 0.508 e. The molecule has 3 aromatic rings. The second-order valence-corrected chi connectivity index (χ2v) is 10.7. The van der Waals surface area contributed by atoms with E-state index >= 15 is 0 Å². The molecule has 0 spiro atoms. The van der Waals surface area contributed by atoms with Crippen LogP contribution in [0.3, 0.4) is 0 Å². The fourth-order valence-electron chi connectivity index (χ4n) is 4.67. The van der Waals surface area contributed by atoms with Crippen LogP contribution in [-0.4, -0.2) is 64.6 Å². The average molecular weight is 604 g/mol. The molecule has 0 radical (unpaired) electrons. The number of nitrogens with two attached hydrogens (primary N) is 2. The molecule has 0 aliphatic heterocycles. The van der Waals surface area contributed by atoms with Crippen LogP contribution in [0.5, 0.6) is 5.75 Å². The molecule has 11 nitrogen and oxygen atoms in total. The maximum atomic E-state index is 13.6. The standard InChI is InChI=1S/C33H41N5O6/c34-18-8-7-13-27(31(41)38-29(33(43)44)21-23-11-5-2-6-12-23)36-32(42)28(20-22-9-3-1-4-10-22)37-30(40)26(35)19-24-14-16-25(39)17-15-24/h1-6,9-12,14-17,26-29,39H,7-8,13,18-21,34-35H2,(H,36,42)(H,37,40)(H,38,41)(H,43,44)/t26-,27-,28+,29-/m0/s1. The maximum absolute atomic E-state index is 13.6. The van der Waals surface area contributed by atoms with Gasteiger partial charge in [0.2, 0.25) is 17.7 Å². The highest BCUT2D eigenvalue weighted by Crippen LogP contribution is 2.12. The SMILES string of the molecule is NCCCC[C@H](NC(=O)[C@@H](Cc1ccccc1)NC(=O)[C@@H](N)Cc1ccc(O)cc1)C(=O)N[C@@H](Cc1ccccc1)C(=O)O. The van der Waals surface area contributed by atoms with Crippen LogP contribution in [0.25, 0.3) is 0 Å². The van der Waals surface area contributed by atoms with Gasteiger partial charge in [-0.1, -0.05) is 72.8 Å². The van der Waals surface area contributed by atoms with Crippen molar-refractivity contribution in [3.05, 3.63) is 102 Å². The van der Waals surface area contributed by atoms with Gasteiger partial charge in [-0.15, -0.1) is 0 Å². The number of amides is 3. The van der Waals surface area contributed by atoms with Gasteiger partial charge in [0.05, 0.1) is 6.04 Å². The number of aromatic hydroxyl groups is 1. The first-order valence-electron chi connectivity index (χ1n) is 14.6. The lowest BCUT2D eigenvalue weighted by atomic mass is 10.0. The zero-order chi connectivity index (χ0) is 31.9. The summed E-state index contributed by atoms with van der Waals surface area (Å²) < 4.78 is 0. The Bertz CT molecular complexity index is 1350. The third kappa shape index (κ3) is 11.2. The number of nitrogens with one attached hydrogen (secondary N) is 3. The van der Waals surface area contributed by atoms with Crippen LogP contribution in [0, 0.1) is 0 Å². The molecule has 0 unspecified atom stereocenters. The maximum Gasteiger partial charge on any atom is 0.326 e. The van der Waals surface area contributed by atoms with Crippen LogP contribution in [0.4, 0.5) is 0 Å². The molecule has 0 fully saturated rings. The zero-order valence-corrected chi connectivity index (χ0v) is 24.5. The fourth-order valence-corrected chi connectivity index (χ4v) is 4.67. The smallest absolute Gasteiger partial charge is 0.326 e. The van der Waals surface area contributed by atoms with E-state index in [2.05, 4.69) is 16.0 Å². The van der Waals surface area contributed by atoms with Gasteiger partial charge in [-0.2, -0.15) is 0 Å². The summed E-state index contributed by atoms with van der Waals surface area (Å²) in [4.78, 5) is 52.1. The van der Waals surface area contributed by atoms with E-state index in [1.807, 2.05) is 36.4 Å². The van der Waals surface area contributed by atoms with Crippen molar-refractivity contribution in [3.8, 4) is 5.75 Å². The van der Waals surface area contributed by atoms with Crippen molar-refractivity contribution in [3.63, 3.8) is 0 Å². The highest BCUT2D eigenvalue weighted by atomic mass is 16.4. The lowest BCUT2D eigenvalue weighted by molar-refractivity contribution is -0.142. The summed E-state index contributed by atoms with van der Waals surface area (Å²) >= 11 is 0. The molecule has 0 saturated heterocycles. The third-order valence-corrected chi connectivity index (χ3v) is 7.12. The number of aliphatic carboxylic acids is 1. The van der Waals surface area contributed by atoms with Gasteiger partial charge >= 0.3 is 5.97 Å². The fraction of sp³-hybridized carbons (Fsp3) is 0.333. The van der Waals surface area contributed by atoms with Gasteiger partial charge < -0.3 is 37.6 Å². The number of phenolic OH excluding ortho intramolecular Hbond substituents is 1. The summed E-state index contributed by atoms with van der Waals surface area (Å²) in [5.74, 6) is -2.93. The Morgan fingerprint density at radius 1 is 0.614 bits per heavy atom. The van der Waals surface area contributed by atoms with Crippen LogP contribution < -0.4 is 27.4 Å². The molecule has 44 heavy (non-hydrogen) atoms. The Morgan fingerprint density at radius 2 is 1.09 bits per heavy atom. The monoisotopic (exact) mass is 603 g/mol. The Hall–Kier alpha value is -4.74. The highest BCUT2D eigenvalue weighted by Gasteiger charge is 2.30. The van der Waals surface area contributed by atoms with Gasteiger partial charge in [0.15, 0.2) is 0 Å². The van der Waals surface area contributed by atoms with Crippen LogP contribution >= 0.6 is 0 Å². The summed E-state index contributed by atoms with van der Waals surface area (Å²) in [6.07, 6.45) is 1.71. The molecule has 0 heterocycles. The highest BCUT2D eigenvalue weighted by molar-refractivity contribution is 5.94. The minimum absolute atomic E-state index is 0.0665. The van der Waals surface area contributed by atoms with Crippen molar-refractivity contribution < 1.29 is 29.4 Å². The van der Waals surface area contributed by atoms with Crippen molar-refractivity contribution in [1.82, 2.24) is 16.0 Å². The molecule has 0 aromatic heterocycles. The van der Waals surface area contributed by atoms with Crippen molar-refractivity contribution in [2.75, 3.05) is 6.54 Å². The number of carbonyl (C=O) groups excluding carboxylic acids is 3. The van der Waals surface area contributed by atoms with E-state index in [1.54, 1.807) is 36.4 Å². The summed E-state index contributed by atoms with van der Waals surface area (Å²) in [7, 11) is 0. The second-order valence-electron chi connectivity index (χ2n) is 10.7.